The molecular formula is C19H12F2N4O2S. The van der Waals surface area contributed by atoms with Gasteiger partial charge in [-0.3, -0.25) is 9.71 Å². The van der Waals surface area contributed by atoms with Crippen molar-refractivity contribution < 1.29 is 17.2 Å². The molecule has 2 heterocycles. The van der Waals surface area contributed by atoms with Gasteiger partial charge in [0, 0.05) is 34.8 Å². The van der Waals surface area contributed by atoms with Crippen LogP contribution in [0, 0.1) is 23.0 Å². The van der Waals surface area contributed by atoms with Crippen LogP contribution in [0.2, 0.25) is 0 Å². The third-order valence-corrected chi connectivity index (χ3v) is 5.73. The van der Waals surface area contributed by atoms with Crippen molar-refractivity contribution in [2.45, 2.75) is 11.3 Å². The zero-order valence-electron chi connectivity index (χ0n) is 14.2. The Labute approximate surface area is 158 Å². The highest BCUT2D eigenvalue weighted by Gasteiger charge is 2.22. The average molecular weight is 398 g/mol. The van der Waals surface area contributed by atoms with Crippen LogP contribution in [0.3, 0.4) is 0 Å². The van der Waals surface area contributed by atoms with E-state index in [-0.39, 0.29) is 16.9 Å². The molecule has 0 fully saturated rings. The lowest BCUT2D eigenvalue weighted by molar-refractivity contribution is 0.589. The Kier molecular flexibility index (Phi) is 4.20. The molecule has 0 unspecified atom stereocenters. The molecule has 0 aliphatic rings. The highest BCUT2D eigenvalue weighted by molar-refractivity contribution is 7.93. The van der Waals surface area contributed by atoms with E-state index in [0.29, 0.717) is 16.4 Å². The summed E-state index contributed by atoms with van der Waals surface area (Å²) < 4.78 is 55.9. The number of H-pyrrole nitrogens is 1. The highest BCUT2D eigenvalue weighted by atomic mass is 32.2. The normalized spacial score (nSPS) is 11.6. The molecule has 2 N–H and O–H groups in total. The summed E-state index contributed by atoms with van der Waals surface area (Å²) in [5, 5.41) is 9.84. The number of aromatic nitrogens is 2. The summed E-state index contributed by atoms with van der Waals surface area (Å²) in [5.41, 5.74) is 0.439. The number of nitrogens with one attached hydrogen (secondary N) is 2. The van der Waals surface area contributed by atoms with Crippen molar-refractivity contribution in [1.29, 1.82) is 5.26 Å². The molecule has 2 aromatic heterocycles. The smallest absolute Gasteiger partial charge is 0.264 e. The minimum Gasteiger partial charge on any atom is -0.358 e. The fourth-order valence-corrected chi connectivity index (χ4v) is 4.25. The standard InChI is InChI=1S/C19H12F2N4O2S/c20-14-9-16(15(21)8-12(14)5-6-22)25-28(26,27)17-10-24-19-13(17)4-3-11-2-1-7-23-18(11)19/h1-4,7-10,24-25H,5H2. The van der Waals surface area contributed by atoms with E-state index in [9.17, 15) is 17.2 Å². The molecule has 0 saturated heterocycles. The van der Waals surface area contributed by atoms with Crippen molar-refractivity contribution in [3.05, 3.63) is 66.0 Å². The zero-order chi connectivity index (χ0) is 19.9. The molecule has 28 heavy (non-hydrogen) atoms. The van der Waals surface area contributed by atoms with Crippen LogP contribution < -0.4 is 4.72 Å². The molecule has 0 bridgehead atoms. The molecule has 6 nitrogen and oxygen atoms in total. The van der Waals surface area contributed by atoms with Gasteiger partial charge in [0.1, 0.15) is 16.5 Å². The van der Waals surface area contributed by atoms with Crippen molar-refractivity contribution in [3.8, 4) is 6.07 Å². The molecule has 9 heteroatoms. The maximum atomic E-state index is 14.2. The third-order valence-electron chi connectivity index (χ3n) is 4.33. The number of anilines is 1. The van der Waals surface area contributed by atoms with Crippen LogP contribution in [-0.4, -0.2) is 18.4 Å². The van der Waals surface area contributed by atoms with Gasteiger partial charge in [0.2, 0.25) is 0 Å². The molecule has 0 radical (unpaired) electrons. The lowest BCUT2D eigenvalue weighted by Gasteiger charge is -2.10. The molecule has 4 aromatic rings. The van der Waals surface area contributed by atoms with Crippen LogP contribution in [0.5, 0.6) is 0 Å². The van der Waals surface area contributed by atoms with Gasteiger partial charge in [0.05, 0.1) is 29.2 Å². The van der Waals surface area contributed by atoms with Crippen LogP contribution in [-0.2, 0) is 16.4 Å². The van der Waals surface area contributed by atoms with E-state index in [2.05, 4.69) is 14.7 Å². The Morgan fingerprint density at radius 2 is 2.00 bits per heavy atom. The van der Waals surface area contributed by atoms with Gasteiger partial charge in [-0.05, 0) is 12.1 Å². The molecule has 0 spiro atoms. The minimum atomic E-state index is -4.21. The summed E-state index contributed by atoms with van der Waals surface area (Å²) in [6.07, 6.45) is 2.55. The Hall–Kier alpha value is -3.51. The molecule has 0 aliphatic carbocycles. The number of nitriles is 1. The first-order chi connectivity index (χ1) is 13.4. The zero-order valence-corrected chi connectivity index (χ0v) is 15.0. The lowest BCUT2D eigenvalue weighted by Crippen LogP contribution is -2.14. The number of sulfonamides is 1. The number of nitrogens with zero attached hydrogens (tertiary/aromatic N) is 2. The second-order valence-electron chi connectivity index (χ2n) is 6.08. The van der Waals surface area contributed by atoms with Crippen LogP contribution in [0.4, 0.5) is 14.5 Å². The van der Waals surface area contributed by atoms with Gasteiger partial charge < -0.3 is 4.98 Å². The van der Waals surface area contributed by atoms with E-state index < -0.39 is 27.3 Å². The van der Waals surface area contributed by atoms with E-state index in [0.717, 1.165) is 17.5 Å². The molecular weight excluding hydrogens is 386 g/mol. The Bertz CT molecular complexity index is 1370. The van der Waals surface area contributed by atoms with Crippen LogP contribution in [0.15, 0.2) is 53.7 Å². The summed E-state index contributed by atoms with van der Waals surface area (Å²) in [5.74, 6) is -1.84. The number of hydrogen-bond donors (Lipinski definition) is 2. The van der Waals surface area contributed by atoms with Gasteiger partial charge in [-0.1, -0.05) is 18.2 Å². The third kappa shape index (κ3) is 2.93. The number of aromatic amines is 1. The van der Waals surface area contributed by atoms with Crippen LogP contribution in [0.1, 0.15) is 5.56 Å². The predicted octanol–water partition coefficient (Wildman–Crippen LogP) is 3.86. The fourth-order valence-electron chi connectivity index (χ4n) is 3.02. The largest absolute Gasteiger partial charge is 0.358 e. The van der Waals surface area contributed by atoms with Gasteiger partial charge in [-0.15, -0.1) is 0 Å². The second-order valence-corrected chi connectivity index (χ2v) is 7.73. The molecule has 0 aliphatic heterocycles. The molecule has 140 valence electrons. The van der Waals surface area contributed by atoms with E-state index in [1.807, 2.05) is 6.07 Å². The SMILES string of the molecule is N#CCc1cc(F)c(NS(=O)(=O)c2c[nH]c3c2ccc2cccnc23)cc1F. The molecule has 0 saturated carbocycles. The van der Waals surface area contributed by atoms with E-state index >= 15 is 0 Å². The first-order valence-electron chi connectivity index (χ1n) is 8.13. The summed E-state index contributed by atoms with van der Waals surface area (Å²) in [6.45, 7) is 0. The molecule has 0 amide bonds. The average Bonchev–Trinajstić information content (AvgIpc) is 3.11. The fraction of sp³-hybridized carbons (Fsp3) is 0.0526. The quantitative estimate of drug-likeness (QED) is 0.545. The van der Waals surface area contributed by atoms with Crippen molar-refractivity contribution in [2.24, 2.45) is 0 Å². The van der Waals surface area contributed by atoms with E-state index in [1.54, 1.807) is 30.5 Å². The number of benzene rings is 2. The maximum absolute atomic E-state index is 14.2. The number of rotatable bonds is 4. The minimum absolute atomic E-state index is 0.115. The van der Waals surface area contributed by atoms with Crippen molar-refractivity contribution >= 4 is 37.5 Å². The first-order valence-corrected chi connectivity index (χ1v) is 9.61. The van der Waals surface area contributed by atoms with Gasteiger partial charge in [-0.2, -0.15) is 5.26 Å². The Morgan fingerprint density at radius 3 is 2.79 bits per heavy atom. The second kappa shape index (κ2) is 6.58. The lowest BCUT2D eigenvalue weighted by atomic mass is 10.1. The van der Waals surface area contributed by atoms with Crippen LogP contribution in [0.25, 0.3) is 21.8 Å². The molecule has 4 rings (SSSR count). The summed E-state index contributed by atoms with van der Waals surface area (Å²) in [6, 6.07) is 10.2. The number of pyridine rings is 1. The molecule has 2 aromatic carbocycles. The van der Waals surface area contributed by atoms with E-state index in [4.69, 9.17) is 5.26 Å². The van der Waals surface area contributed by atoms with Crippen molar-refractivity contribution in [2.75, 3.05) is 4.72 Å². The van der Waals surface area contributed by atoms with Crippen molar-refractivity contribution in [1.82, 2.24) is 9.97 Å². The van der Waals surface area contributed by atoms with Crippen LogP contribution >= 0.6 is 0 Å². The van der Waals surface area contributed by atoms with Gasteiger partial charge in [0.15, 0.2) is 0 Å². The predicted molar refractivity (Wildman–Crippen MR) is 100 cm³/mol. The Morgan fingerprint density at radius 1 is 1.18 bits per heavy atom. The van der Waals surface area contributed by atoms with E-state index in [1.165, 1.54) is 6.20 Å². The van der Waals surface area contributed by atoms with Gasteiger partial charge in [-0.25, -0.2) is 17.2 Å². The summed E-state index contributed by atoms with van der Waals surface area (Å²) >= 11 is 0. The number of hydrogen-bond acceptors (Lipinski definition) is 4. The topological polar surface area (TPSA) is 98.6 Å². The van der Waals surface area contributed by atoms with Gasteiger partial charge in [0.25, 0.3) is 10.0 Å². The van der Waals surface area contributed by atoms with Crippen molar-refractivity contribution in [3.63, 3.8) is 0 Å². The highest BCUT2D eigenvalue weighted by Crippen LogP contribution is 2.30. The van der Waals surface area contributed by atoms with Gasteiger partial charge >= 0.3 is 0 Å². The molecule has 0 atom stereocenters. The summed E-state index contributed by atoms with van der Waals surface area (Å²) in [7, 11) is -4.21. The number of fused-ring (bicyclic) bond motifs is 3. The monoisotopic (exact) mass is 398 g/mol. The maximum Gasteiger partial charge on any atom is 0.264 e. The number of halogens is 2. The summed E-state index contributed by atoms with van der Waals surface area (Å²) in [4.78, 5) is 7.03. The first kappa shape index (κ1) is 17.9. The Balaban J connectivity index is 1.79.